The van der Waals surface area contributed by atoms with Crippen molar-refractivity contribution in [2.45, 2.75) is 37.8 Å². The van der Waals surface area contributed by atoms with Crippen molar-refractivity contribution in [3.8, 4) is 0 Å². The minimum atomic E-state index is 0.598. The van der Waals surface area contributed by atoms with E-state index in [1.165, 1.54) is 49.8 Å². The number of para-hydroxylation sites is 1. The van der Waals surface area contributed by atoms with Crippen molar-refractivity contribution in [3.63, 3.8) is 0 Å². The van der Waals surface area contributed by atoms with Crippen molar-refractivity contribution in [3.05, 3.63) is 36.5 Å². The first-order valence-corrected chi connectivity index (χ1v) is 7.76. The molecule has 4 rings (SSSR count). The highest BCUT2D eigenvalue weighted by molar-refractivity contribution is 5.91. The quantitative estimate of drug-likeness (QED) is 0.905. The molecule has 2 aliphatic heterocycles. The highest BCUT2D eigenvalue weighted by atomic mass is 15.2. The summed E-state index contributed by atoms with van der Waals surface area (Å²) in [5.41, 5.74) is 2.32. The van der Waals surface area contributed by atoms with E-state index in [1.54, 1.807) is 0 Å². The average Bonchev–Trinajstić information content (AvgIpc) is 2.91. The molecule has 3 heteroatoms. The lowest BCUT2D eigenvalue weighted by Crippen LogP contribution is -2.41. The van der Waals surface area contributed by atoms with Gasteiger partial charge in [-0.2, -0.15) is 0 Å². The Balaban J connectivity index is 1.61. The zero-order chi connectivity index (χ0) is 13.4. The number of piperidine rings is 1. The standard InChI is InChI=1S/C17H21N3/c1-2-6-14-13(5-1)15(8-10-18-14)19-16-9-12-20-11-4-3-7-17(16)20/h1-2,5-6,8,10,16-17H,3-4,7,9,11-12H2,(H,18,19). The largest absolute Gasteiger partial charge is 0.380 e. The Bertz CT molecular complexity index is 605. The van der Waals surface area contributed by atoms with Crippen LogP contribution in [0.4, 0.5) is 5.69 Å². The normalized spacial score (nSPS) is 26.6. The number of pyridine rings is 1. The number of nitrogens with one attached hydrogen (secondary N) is 1. The predicted octanol–water partition coefficient (Wildman–Crippen LogP) is 3.27. The molecule has 0 spiro atoms. The van der Waals surface area contributed by atoms with Gasteiger partial charge in [-0.05, 0) is 37.9 Å². The summed E-state index contributed by atoms with van der Waals surface area (Å²) in [7, 11) is 0. The number of hydrogen-bond donors (Lipinski definition) is 1. The fraction of sp³-hybridized carbons (Fsp3) is 0.471. The number of rotatable bonds is 2. The van der Waals surface area contributed by atoms with Crippen LogP contribution in [-0.4, -0.2) is 35.1 Å². The fourth-order valence-electron chi connectivity index (χ4n) is 3.84. The molecular formula is C17H21N3. The third-order valence-electron chi connectivity index (χ3n) is 4.85. The molecule has 2 fully saturated rings. The van der Waals surface area contributed by atoms with Crippen LogP contribution in [0.15, 0.2) is 36.5 Å². The second-order valence-electron chi connectivity index (χ2n) is 6.01. The molecule has 2 atom stereocenters. The molecule has 1 aromatic carbocycles. The first-order valence-electron chi connectivity index (χ1n) is 7.76. The Morgan fingerprint density at radius 1 is 1.05 bits per heavy atom. The second kappa shape index (κ2) is 5.06. The summed E-state index contributed by atoms with van der Waals surface area (Å²) in [6.07, 6.45) is 7.29. The summed E-state index contributed by atoms with van der Waals surface area (Å²) in [5.74, 6) is 0. The van der Waals surface area contributed by atoms with Crippen LogP contribution in [0.1, 0.15) is 25.7 Å². The molecule has 0 saturated carbocycles. The lowest BCUT2D eigenvalue weighted by Gasteiger charge is -2.33. The van der Waals surface area contributed by atoms with Gasteiger partial charge in [-0.25, -0.2) is 0 Å². The average molecular weight is 267 g/mol. The van der Waals surface area contributed by atoms with Crippen LogP contribution in [0.25, 0.3) is 10.9 Å². The van der Waals surface area contributed by atoms with E-state index >= 15 is 0 Å². The summed E-state index contributed by atoms with van der Waals surface area (Å²) >= 11 is 0. The molecule has 0 aliphatic carbocycles. The van der Waals surface area contributed by atoms with Gasteiger partial charge >= 0.3 is 0 Å². The molecule has 0 amide bonds. The third-order valence-corrected chi connectivity index (χ3v) is 4.85. The van der Waals surface area contributed by atoms with E-state index in [4.69, 9.17) is 0 Å². The van der Waals surface area contributed by atoms with Crippen molar-refractivity contribution < 1.29 is 0 Å². The van der Waals surface area contributed by atoms with Crippen LogP contribution in [0.5, 0.6) is 0 Å². The molecule has 20 heavy (non-hydrogen) atoms. The molecule has 2 unspecified atom stereocenters. The molecule has 2 aromatic rings. The van der Waals surface area contributed by atoms with Crippen LogP contribution in [0, 0.1) is 0 Å². The summed E-state index contributed by atoms with van der Waals surface area (Å²) in [4.78, 5) is 7.12. The topological polar surface area (TPSA) is 28.2 Å². The molecule has 104 valence electrons. The van der Waals surface area contributed by atoms with E-state index in [-0.39, 0.29) is 0 Å². The van der Waals surface area contributed by atoms with Gasteiger partial charge in [-0.3, -0.25) is 9.88 Å². The van der Waals surface area contributed by atoms with E-state index in [9.17, 15) is 0 Å². The van der Waals surface area contributed by atoms with Crippen molar-refractivity contribution in [1.82, 2.24) is 9.88 Å². The number of aromatic nitrogens is 1. The maximum absolute atomic E-state index is 4.45. The Kier molecular flexibility index (Phi) is 3.07. The SMILES string of the molecule is c1ccc2c(NC3CCN4CCCCC34)ccnc2c1. The van der Waals surface area contributed by atoms with Crippen LogP contribution in [0.3, 0.4) is 0 Å². The van der Waals surface area contributed by atoms with Gasteiger partial charge in [0.25, 0.3) is 0 Å². The van der Waals surface area contributed by atoms with Gasteiger partial charge < -0.3 is 5.32 Å². The van der Waals surface area contributed by atoms with Gasteiger partial charge in [0.1, 0.15) is 0 Å². The Morgan fingerprint density at radius 3 is 3.00 bits per heavy atom. The van der Waals surface area contributed by atoms with Crippen LogP contribution in [-0.2, 0) is 0 Å². The van der Waals surface area contributed by atoms with Crippen molar-refractivity contribution in [1.29, 1.82) is 0 Å². The molecule has 0 bridgehead atoms. The zero-order valence-electron chi connectivity index (χ0n) is 11.8. The highest BCUT2D eigenvalue weighted by Crippen LogP contribution is 2.31. The number of fused-ring (bicyclic) bond motifs is 2. The van der Waals surface area contributed by atoms with Crippen LogP contribution < -0.4 is 5.32 Å². The van der Waals surface area contributed by atoms with Gasteiger partial charge in [0, 0.05) is 35.9 Å². The minimum Gasteiger partial charge on any atom is -0.380 e. The number of anilines is 1. The molecule has 1 aromatic heterocycles. The lowest BCUT2D eigenvalue weighted by atomic mass is 9.98. The maximum Gasteiger partial charge on any atom is 0.0722 e. The maximum atomic E-state index is 4.45. The van der Waals surface area contributed by atoms with Gasteiger partial charge in [-0.15, -0.1) is 0 Å². The summed E-state index contributed by atoms with van der Waals surface area (Å²) in [5, 5.41) is 5.04. The van der Waals surface area contributed by atoms with Crippen LogP contribution >= 0.6 is 0 Å². The van der Waals surface area contributed by atoms with Gasteiger partial charge in [0.15, 0.2) is 0 Å². The molecule has 3 nitrogen and oxygen atoms in total. The Morgan fingerprint density at radius 2 is 2.00 bits per heavy atom. The van der Waals surface area contributed by atoms with Crippen molar-refractivity contribution in [2.24, 2.45) is 0 Å². The monoisotopic (exact) mass is 267 g/mol. The molecule has 2 saturated heterocycles. The smallest absolute Gasteiger partial charge is 0.0722 e. The second-order valence-corrected chi connectivity index (χ2v) is 6.01. The number of nitrogens with zero attached hydrogens (tertiary/aromatic N) is 2. The van der Waals surface area contributed by atoms with E-state index in [1.807, 2.05) is 6.20 Å². The zero-order valence-corrected chi connectivity index (χ0v) is 11.8. The third kappa shape index (κ3) is 2.06. The predicted molar refractivity (Wildman–Crippen MR) is 83.0 cm³/mol. The van der Waals surface area contributed by atoms with Gasteiger partial charge in [0.05, 0.1) is 5.52 Å². The minimum absolute atomic E-state index is 0.598. The summed E-state index contributed by atoms with van der Waals surface area (Å²) in [6, 6.07) is 11.8. The number of benzene rings is 1. The van der Waals surface area contributed by atoms with Crippen molar-refractivity contribution >= 4 is 16.6 Å². The van der Waals surface area contributed by atoms with Crippen LogP contribution in [0.2, 0.25) is 0 Å². The Hall–Kier alpha value is -1.61. The van der Waals surface area contributed by atoms with E-state index in [0.717, 1.165) is 11.6 Å². The van der Waals surface area contributed by atoms with Crippen molar-refractivity contribution in [2.75, 3.05) is 18.4 Å². The lowest BCUT2D eigenvalue weighted by molar-refractivity contribution is 0.193. The fourth-order valence-corrected chi connectivity index (χ4v) is 3.84. The first kappa shape index (κ1) is 12.2. The summed E-state index contributed by atoms with van der Waals surface area (Å²) in [6.45, 7) is 2.55. The Labute approximate surface area is 120 Å². The molecular weight excluding hydrogens is 246 g/mol. The first-order chi connectivity index (χ1) is 9.92. The highest BCUT2D eigenvalue weighted by Gasteiger charge is 2.35. The van der Waals surface area contributed by atoms with E-state index in [2.05, 4.69) is 45.5 Å². The van der Waals surface area contributed by atoms with E-state index < -0.39 is 0 Å². The molecule has 1 N–H and O–H groups in total. The molecule has 2 aliphatic rings. The molecule has 3 heterocycles. The van der Waals surface area contributed by atoms with E-state index in [0.29, 0.717) is 6.04 Å². The molecule has 0 radical (unpaired) electrons. The number of hydrogen-bond acceptors (Lipinski definition) is 3. The van der Waals surface area contributed by atoms with Gasteiger partial charge in [0.2, 0.25) is 0 Å². The van der Waals surface area contributed by atoms with Gasteiger partial charge in [-0.1, -0.05) is 24.6 Å². The summed E-state index contributed by atoms with van der Waals surface area (Å²) < 4.78 is 0.